The number of fused-ring (bicyclic) bond motifs is 1. The first kappa shape index (κ1) is 25.6. The van der Waals surface area contributed by atoms with Crippen LogP contribution in [-0.4, -0.2) is 46.7 Å². The van der Waals surface area contributed by atoms with E-state index in [0.717, 1.165) is 28.5 Å². The Morgan fingerprint density at radius 3 is 2.29 bits per heavy atom. The molecule has 10 heteroatoms. The molecule has 0 radical (unpaired) electrons. The predicted octanol–water partition coefficient (Wildman–Crippen LogP) is 5.87. The SMILES string of the molecule is C[C@H]1CN(c2nnc(-c3ccc(F)cc3)c3ccccc23)CCN1C(=O)Cc1ccc(F)cc1C(F)(F)F. The zero-order valence-electron chi connectivity index (χ0n) is 20.3. The average molecular weight is 527 g/mol. The molecule has 0 unspecified atom stereocenters. The number of rotatable bonds is 4. The highest BCUT2D eigenvalue weighted by Gasteiger charge is 2.36. The number of nitrogens with zero attached hydrogens (tertiary/aromatic N) is 4. The molecule has 4 aromatic rings. The molecule has 5 rings (SSSR count). The molecule has 1 aromatic heterocycles. The van der Waals surface area contributed by atoms with E-state index >= 15 is 0 Å². The quantitative estimate of drug-likeness (QED) is 0.312. The van der Waals surface area contributed by atoms with Crippen LogP contribution in [0.4, 0.5) is 27.8 Å². The van der Waals surface area contributed by atoms with Crippen LogP contribution in [0.1, 0.15) is 18.1 Å². The third-order valence-electron chi connectivity index (χ3n) is 6.75. The molecule has 1 aliphatic rings. The van der Waals surface area contributed by atoms with Crippen LogP contribution in [0.25, 0.3) is 22.0 Å². The smallest absolute Gasteiger partial charge is 0.351 e. The van der Waals surface area contributed by atoms with Crippen molar-refractivity contribution in [3.63, 3.8) is 0 Å². The largest absolute Gasteiger partial charge is 0.416 e. The summed E-state index contributed by atoms with van der Waals surface area (Å²) in [6.07, 6.45) is -5.24. The molecule has 0 N–H and O–H groups in total. The van der Waals surface area contributed by atoms with Crippen LogP contribution in [0, 0.1) is 11.6 Å². The normalized spacial score (nSPS) is 16.2. The molecule has 196 valence electrons. The molecule has 1 fully saturated rings. The molecule has 2 heterocycles. The third kappa shape index (κ3) is 5.03. The van der Waals surface area contributed by atoms with Gasteiger partial charge in [-0.2, -0.15) is 13.2 Å². The monoisotopic (exact) mass is 526 g/mol. The summed E-state index contributed by atoms with van der Waals surface area (Å²) < 4.78 is 67.1. The Morgan fingerprint density at radius 1 is 0.921 bits per heavy atom. The summed E-state index contributed by atoms with van der Waals surface area (Å²) in [7, 11) is 0. The number of halogens is 5. The van der Waals surface area contributed by atoms with Gasteiger partial charge >= 0.3 is 6.18 Å². The molecule has 1 amide bonds. The van der Waals surface area contributed by atoms with Gasteiger partial charge in [-0.1, -0.05) is 30.3 Å². The molecule has 5 nitrogen and oxygen atoms in total. The second-order valence-electron chi connectivity index (χ2n) is 9.28. The number of hydrogen-bond acceptors (Lipinski definition) is 4. The summed E-state index contributed by atoms with van der Waals surface area (Å²) in [5, 5.41) is 10.6. The van der Waals surface area contributed by atoms with E-state index in [2.05, 4.69) is 10.2 Å². The number of carbonyl (C=O) groups is 1. The van der Waals surface area contributed by atoms with Gasteiger partial charge in [-0.3, -0.25) is 4.79 Å². The van der Waals surface area contributed by atoms with Crippen LogP contribution < -0.4 is 4.90 Å². The highest BCUT2D eigenvalue weighted by atomic mass is 19.4. The van der Waals surface area contributed by atoms with Crippen molar-refractivity contribution < 1.29 is 26.7 Å². The summed E-state index contributed by atoms with van der Waals surface area (Å²) in [4.78, 5) is 16.6. The number of aromatic nitrogens is 2. The molecular formula is C28H23F5N4O. The van der Waals surface area contributed by atoms with E-state index in [0.29, 0.717) is 30.7 Å². The minimum Gasteiger partial charge on any atom is -0.351 e. The Morgan fingerprint density at radius 2 is 1.61 bits per heavy atom. The number of hydrogen-bond donors (Lipinski definition) is 0. The van der Waals surface area contributed by atoms with Gasteiger partial charge in [-0.05, 0) is 48.9 Å². The third-order valence-corrected chi connectivity index (χ3v) is 6.75. The van der Waals surface area contributed by atoms with Crippen molar-refractivity contribution in [2.75, 3.05) is 24.5 Å². The Hall–Kier alpha value is -4.08. The van der Waals surface area contributed by atoms with Crippen molar-refractivity contribution >= 4 is 22.5 Å². The van der Waals surface area contributed by atoms with Gasteiger partial charge < -0.3 is 9.80 Å². The molecule has 1 saturated heterocycles. The van der Waals surface area contributed by atoms with Crippen molar-refractivity contribution in [3.05, 3.63) is 89.5 Å². The summed E-state index contributed by atoms with van der Waals surface area (Å²) in [6, 6.07) is 15.6. The topological polar surface area (TPSA) is 49.3 Å². The van der Waals surface area contributed by atoms with Crippen LogP contribution in [0.15, 0.2) is 66.7 Å². The molecule has 1 aliphatic heterocycles. The van der Waals surface area contributed by atoms with Gasteiger partial charge in [0, 0.05) is 42.0 Å². The van der Waals surface area contributed by atoms with E-state index in [-0.39, 0.29) is 24.0 Å². The van der Waals surface area contributed by atoms with Crippen LogP contribution in [0.5, 0.6) is 0 Å². The lowest BCUT2D eigenvalue weighted by Crippen LogP contribution is -2.54. The maximum absolute atomic E-state index is 13.5. The van der Waals surface area contributed by atoms with Crippen LogP contribution in [0.2, 0.25) is 0 Å². The Labute approximate surface area is 215 Å². The molecule has 0 aliphatic carbocycles. The van der Waals surface area contributed by atoms with E-state index in [1.807, 2.05) is 36.1 Å². The molecule has 1 atom stereocenters. The van der Waals surface area contributed by atoms with E-state index in [1.165, 1.54) is 12.1 Å². The first-order valence-electron chi connectivity index (χ1n) is 12.0. The van der Waals surface area contributed by atoms with E-state index in [9.17, 15) is 26.7 Å². The van der Waals surface area contributed by atoms with Gasteiger partial charge in [0.05, 0.1) is 12.0 Å². The van der Waals surface area contributed by atoms with Gasteiger partial charge in [0.25, 0.3) is 0 Å². The summed E-state index contributed by atoms with van der Waals surface area (Å²) in [6.45, 7) is 2.90. The molecular weight excluding hydrogens is 503 g/mol. The predicted molar refractivity (Wildman–Crippen MR) is 133 cm³/mol. The molecule has 0 bridgehead atoms. The van der Waals surface area contributed by atoms with Crippen LogP contribution >= 0.6 is 0 Å². The standard InChI is InChI=1S/C28H23F5N4O/c1-17-16-36(12-13-37(17)25(38)14-19-8-11-21(30)15-24(19)28(31,32)33)27-23-5-3-2-4-22(23)26(34-35-27)18-6-9-20(29)10-7-18/h2-11,15,17H,12-14,16H2,1H3/t17-/m0/s1. The van der Waals surface area contributed by atoms with Crippen LogP contribution in [0.3, 0.4) is 0 Å². The maximum Gasteiger partial charge on any atom is 0.416 e. The Bertz CT molecular complexity index is 1490. The number of benzene rings is 3. The molecule has 0 saturated carbocycles. The van der Waals surface area contributed by atoms with Gasteiger partial charge in [0.15, 0.2) is 5.82 Å². The van der Waals surface area contributed by atoms with Crippen molar-refractivity contribution in [2.24, 2.45) is 0 Å². The second kappa shape index (κ2) is 10.00. The van der Waals surface area contributed by atoms with Gasteiger partial charge in [-0.25, -0.2) is 8.78 Å². The van der Waals surface area contributed by atoms with Crippen molar-refractivity contribution in [3.8, 4) is 11.3 Å². The van der Waals surface area contributed by atoms with Gasteiger partial charge in [-0.15, -0.1) is 10.2 Å². The zero-order valence-corrected chi connectivity index (χ0v) is 20.3. The fraction of sp³-hybridized carbons (Fsp3) is 0.250. The number of amides is 1. The van der Waals surface area contributed by atoms with Crippen molar-refractivity contribution in [1.29, 1.82) is 0 Å². The zero-order chi connectivity index (χ0) is 27.0. The molecule has 3 aromatic carbocycles. The van der Waals surface area contributed by atoms with Crippen molar-refractivity contribution in [1.82, 2.24) is 15.1 Å². The fourth-order valence-electron chi connectivity index (χ4n) is 4.90. The second-order valence-corrected chi connectivity index (χ2v) is 9.28. The van der Waals surface area contributed by atoms with Crippen molar-refractivity contribution in [2.45, 2.75) is 25.6 Å². The van der Waals surface area contributed by atoms with Gasteiger partial charge in [0.1, 0.15) is 17.3 Å². The highest BCUT2D eigenvalue weighted by Crippen LogP contribution is 2.34. The lowest BCUT2D eigenvalue weighted by molar-refractivity contribution is -0.139. The molecule has 38 heavy (non-hydrogen) atoms. The number of anilines is 1. The Balaban J connectivity index is 1.36. The Kier molecular flexibility index (Phi) is 6.73. The summed E-state index contributed by atoms with van der Waals surface area (Å²) in [5.74, 6) is -1.19. The molecule has 0 spiro atoms. The summed E-state index contributed by atoms with van der Waals surface area (Å²) >= 11 is 0. The lowest BCUT2D eigenvalue weighted by Gasteiger charge is -2.40. The highest BCUT2D eigenvalue weighted by molar-refractivity contribution is 6.00. The van der Waals surface area contributed by atoms with Crippen LogP contribution in [-0.2, 0) is 17.4 Å². The minimum atomic E-state index is -4.76. The lowest BCUT2D eigenvalue weighted by atomic mass is 10.0. The first-order chi connectivity index (χ1) is 18.1. The average Bonchev–Trinajstić information content (AvgIpc) is 2.89. The van der Waals surface area contributed by atoms with E-state index in [4.69, 9.17) is 0 Å². The minimum absolute atomic E-state index is 0.258. The summed E-state index contributed by atoms with van der Waals surface area (Å²) in [5.41, 5.74) is -0.0534. The van der Waals surface area contributed by atoms with Gasteiger partial charge in [0.2, 0.25) is 5.91 Å². The number of alkyl halides is 3. The maximum atomic E-state index is 13.5. The fourth-order valence-corrected chi connectivity index (χ4v) is 4.90. The van der Waals surface area contributed by atoms with E-state index in [1.54, 1.807) is 17.0 Å². The van der Waals surface area contributed by atoms with E-state index < -0.39 is 29.9 Å². The number of piperazine rings is 1. The number of carbonyl (C=O) groups excluding carboxylic acids is 1. The first-order valence-corrected chi connectivity index (χ1v) is 12.0.